The van der Waals surface area contributed by atoms with Gasteiger partial charge in [0.2, 0.25) is 35.3 Å². The third kappa shape index (κ3) is 13.7. The minimum Gasteiger partial charge on any atom is -0.372 e. The number of likely N-dealkylation sites (tertiary alicyclic amines) is 1. The van der Waals surface area contributed by atoms with Gasteiger partial charge in [-0.2, -0.15) is 0 Å². The van der Waals surface area contributed by atoms with E-state index in [0.717, 1.165) is 69.8 Å². The van der Waals surface area contributed by atoms with Crippen molar-refractivity contribution in [1.29, 1.82) is 0 Å². The van der Waals surface area contributed by atoms with Gasteiger partial charge in [-0.15, -0.1) is 0 Å². The molecule has 0 bridgehead atoms. The minimum atomic E-state index is -1.22. The van der Waals surface area contributed by atoms with E-state index in [1.54, 1.807) is 0 Å². The Bertz CT molecular complexity index is 1480. The van der Waals surface area contributed by atoms with Gasteiger partial charge in [-0.25, -0.2) is 0 Å². The summed E-state index contributed by atoms with van der Waals surface area (Å²) in [7, 11) is 0. The molecule has 2 saturated carbocycles. The molecule has 56 heavy (non-hydrogen) atoms. The number of carbonyl (C=O) groups is 7. The highest BCUT2D eigenvalue weighted by molar-refractivity contribution is 6.38. The molecule has 1 heterocycles. The third-order valence-electron chi connectivity index (χ3n) is 11.4. The molecule has 6 amide bonds. The van der Waals surface area contributed by atoms with Crippen LogP contribution in [0, 0.1) is 11.8 Å². The van der Waals surface area contributed by atoms with E-state index in [2.05, 4.69) is 21.3 Å². The Balaban J connectivity index is 1.48. The van der Waals surface area contributed by atoms with E-state index in [4.69, 9.17) is 10.5 Å². The number of hydrogen-bond donors (Lipinski definition) is 5. The molecule has 1 aromatic rings. The molecule has 14 heteroatoms. The smallest absolute Gasteiger partial charge is 0.290 e. The van der Waals surface area contributed by atoms with Crippen LogP contribution in [0.15, 0.2) is 30.3 Å². The van der Waals surface area contributed by atoms with Gasteiger partial charge < -0.3 is 36.6 Å². The Hall–Kier alpha value is -4.33. The fourth-order valence-corrected chi connectivity index (χ4v) is 8.28. The lowest BCUT2D eigenvalue weighted by molar-refractivity contribution is -0.144. The van der Waals surface area contributed by atoms with Crippen molar-refractivity contribution in [3.05, 3.63) is 35.9 Å². The zero-order valence-electron chi connectivity index (χ0n) is 33.4. The first-order chi connectivity index (χ1) is 27.0. The monoisotopic (exact) mass is 780 g/mol. The molecule has 4 rings (SSSR count). The van der Waals surface area contributed by atoms with Crippen molar-refractivity contribution in [3.8, 4) is 0 Å². The molecule has 310 valence electrons. The van der Waals surface area contributed by atoms with Crippen LogP contribution in [0.2, 0.25) is 0 Å². The summed E-state index contributed by atoms with van der Waals surface area (Å²) in [5, 5.41) is 10.7. The molecule has 3 aliphatic rings. The quantitative estimate of drug-likeness (QED) is 0.117. The highest BCUT2D eigenvalue weighted by Crippen LogP contribution is 2.31. The summed E-state index contributed by atoms with van der Waals surface area (Å²) in [4.78, 5) is 94.5. The normalized spacial score (nSPS) is 20.6. The average Bonchev–Trinajstić information content (AvgIpc) is 3.64. The van der Waals surface area contributed by atoms with Crippen molar-refractivity contribution >= 4 is 41.2 Å². The highest BCUT2D eigenvalue weighted by Gasteiger charge is 2.45. The van der Waals surface area contributed by atoms with Gasteiger partial charge in [-0.1, -0.05) is 102 Å². The van der Waals surface area contributed by atoms with Gasteiger partial charge in [0.05, 0.1) is 25.3 Å². The molecule has 3 fully saturated rings. The first-order valence-corrected chi connectivity index (χ1v) is 21.0. The van der Waals surface area contributed by atoms with E-state index in [0.29, 0.717) is 31.6 Å². The number of nitrogens with one attached hydrogen (secondary N) is 4. The molecule has 3 unspecified atom stereocenters. The second-order valence-electron chi connectivity index (χ2n) is 15.9. The fraction of sp³-hybridized carbons (Fsp3) is 0.690. The second kappa shape index (κ2) is 23.0. The fourth-order valence-electron chi connectivity index (χ4n) is 8.28. The van der Waals surface area contributed by atoms with Crippen molar-refractivity contribution in [3.63, 3.8) is 0 Å². The van der Waals surface area contributed by atoms with Crippen LogP contribution in [0.5, 0.6) is 0 Å². The number of primary amides is 1. The molecule has 0 aromatic heterocycles. The molecule has 5 atom stereocenters. The molecule has 6 N–H and O–H groups in total. The summed E-state index contributed by atoms with van der Waals surface area (Å²) in [6.07, 6.45) is 12.4. The first kappa shape index (κ1) is 44.4. The number of nitrogens with two attached hydrogens (primary N) is 1. The average molecular weight is 781 g/mol. The predicted octanol–water partition coefficient (Wildman–Crippen LogP) is 3.34. The van der Waals surface area contributed by atoms with Gasteiger partial charge in [-0.3, -0.25) is 33.6 Å². The number of nitrogens with zero attached hydrogens (tertiary/aromatic N) is 1. The summed E-state index contributed by atoms with van der Waals surface area (Å²) in [6.45, 7) is 3.58. The van der Waals surface area contributed by atoms with E-state index in [9.17, 15) is 33.6 Å². The summed E-state index contributed by atoms with van der Waals surface area (Å²) < 4.78 is 6.25. The van der Waals surface area contributed by atoms with Crippen LogP contribution in [0.1, 0.15) is 129 Å². The van der Waals surface area contributed by atoms with Crippen LogP contribution in [0.4, 0.5) is 0 Å². The lowest BCUT2D eigenvalue weighted by Gasteiger charge is -2.35. The summed E-state index contributed by atoms with van der Waals surface area (Å²) >= 11 is 0. The van der Waals surface area contributed by atoms with Gasteiger partial charge in [0.25, 0.3) is 5.91 Å². The molecular formula is C42H64N6O8. The van der Waals surface area contributed by atoms with Crippen molar-refractivity contribution in [2.75, 3.05) is 13.1 Å². The zero-order chi connectivity index (χ0) is 40.5. The highest BCUT2D eigenvalue weighted by atomic mass is 16.5. The van der Waals surface area contributed by atoms with Gasteiger partial charge in [-0.05, 0) is 55.9 Å². The van der Waals surface area contributed by atoms with Crippen LogP contribution >= 0.6 is 0 Å². The van der Waals surface area contributed by atoms with Crippen molar-refractivity contribution < 1.29 is 38.3 Å². The summed E-state index contributed by atoms with van der Waals surface area (Å²) in [6, 6.07) is 5.65. The molecule has 1 aromatic carbocycles. The predicted molar refractivity (Wildman–Crippen MR) is 210 cm³/mol. The number of Topliss-reactive ketones (excluding diaryl/α,β-unsaturated/α-hetero) is 1. The molecular weight excluding hydrogens is 716 g/mol. The van der Waals surface area contributed by atoms with Gasteiger partial charge in [0.15, 0.2) is 0 Å². The SMILES string of the molecule is CCCCC(NC(=O)CNC(=O)C(=O)C(CCC)NC(=O)[C@@H]1C[C@@H](OCc2ccccc2)CN1C(=O)C(NC(=O)CC1CCCCC1)C1CCCCC1)C(N)=O. The lowest BCUT2D eigenvalue weighted by Crippen LogP contribution is -2.58. The minimum absolute atomic E-state index is 0.0697. The molecule has 1 aliphatic heterocycles. The number of unbranched alkanes of at least 4 members (excludes halogenated alkanes) is 1. The van der Waals surface area contributed by atoms with Gasteiger partial charge in [0, 0.05) is 19.4 Å². The van der Waals surface area contributed by atoms with E-state index >= 15 is 0 Å². The molecule has 2 aliphatic carbocycles. The van der Waals surface area contributed by atoms with E-state index in [1.165, 1.54) is 11.3 Å². The van der Waals surface area contributed by atoms with E-state index < -0.39 is 66.2 Å². The molecule has 0 spiro atoms. The third-order valence-corrected chi connectivity index (χ3v) is 11.4. The van der Waals surface area contributed by atoms with Crippen LogP contribution in [0.3, 0.4) is 0 Å². The molecule has 0 radical (unpaired) electrons. The van der Waals surface area contributed by atoms with Crippen LogP contribution in [0.25, 0.3) is 0 Å². The maximum Gasteiger partial charge on any atom is 0.290 e. The Labute approximate surface area is 331 Å². The topological polar surface area (TPSA) is 206 Å². The Morgan fingerprint density at radius 2 is 1.48 bits per heavy atom. The van der Waals surface area contributed by atoms with E-state index in [1.807, 2.05) is 44.2 Å². The second-order valence-corrected chi connectivity index (χ2v) is 15.9. The lowest BCUT2D eigenvalue weighted by atomic mass is 9.82. The maximum atomic E-state index is 14.7. The number of hydrogen-bond acceptors (Lipinski definition) is 8. The number of ketones is 1. The van der Waals surface area contributed by atoms with Gasteiger partial charge >= 0.3 is 0 Å². The number of carbonyl (C=O) groups excluding carboxylic acids is 7. The number of ether oxygens (including phenoxy) is 1. The van der Waals surface area contributed by atoms with Crippen LogP contribution in [-0.4, -0.2) is 89.5 Å². The Morgan fingerprint density at radius 3 is 2.12 bits per heavy atom. The van der Waals surface area contributed by atoms with Crippen LogP contribution in [-0.2, 0) is 44.9 Å². The first-order valence-electron chi connectivity index (χ1n) is 21.0. The Morgan fingerprint density at radius 1 is 0.804 bits per heavy atom. The number of benzene rings is 1. The number of amides is 6. The van der Waals surface area contributed by atoms with E-state index in [-0.39, 0.29) is 43.7 Å². The van der Waals surface area contributed by atoms with Crippen molar-refractivity contribution in [1.82, 2.24) is 26.2 Å². The largest absolute Gasteiger partial charge is 0.372 e. The Kier molecular flexibility index (Phi) is 18.3. The van der Waals surface area contributed by atoms with Crippen molar-refractivity contribution in [2.45, 2.75) is 160 Å². The molecule has 14 nitrogen and oxygen atoms in total. The summed E-state index contributed by atoms with van der Waals surface area (Å²) in [5.74, 6) is -4.23. The van der Waals surface area contributed by atoms with Gasteiger partial charge in [0.1, 0.15) is 18.1 Å². The standard InChI is InChI=1S/C42H64N6O8/c1-3-5-22-33(39(43)52)45-36(50)25-44-41(54)38(51)32(15-4-2)46-40(53)34-24-31(56-27-29-18-11-7-12-19-29)26-48(34)42(55)37(30-20-13-8-14-21-30)47-35(49)23-28-16-9-6-10-17-28/h7,11-12,18-19,28,30-34,37H,3-6,8-10,13-17,20-27H2,1-2H3,(H2,43,52)(H,44,54)(H,45,50)(H,46,53)(H,47,49)/t31-,32?,33?,34+,37?/m1/s1. The zero-order valence-corrected chi connectivity index (χ0v) is 33.4. The maximum absolute atomic E-state index is 14.7. The van der Waals surface area contributed by atoms with Crippen molar-refractivity contribution in [2.24, 2.45) is 17.6 Å². The molecule has 1 saturated heterocycles. The summed E-state index contributed by atoms with van der Waals surface area (Å²) in [5.41, 5.74) is 6.34. The van der Waals surface area contributed by atoms with Crippen LogP contribution < -0.4 is 27.0 Å². The number of rotatable bonds is 21.